The maximum Gasteiger partial charge on any atom is 0.226 e. The molecule has 0 unspecified atom stereocenters. The molecule has 2 aromatic carbocycles. The van der Waals surface area contributed by atoms with Crippen molar-refractivity contribution in [2.24, 2.45) is 0 Å². The van der Waals surface area contributed by atoms with E-state index in [4.69, 9.17) is 9.47 Å². The lowest BCUT2D eigenvalue weighted by molar-refractivity contribution is -0.116. The van der Waals surface area contributed by atoms with Crippen molar-refractivity contribution in [2.45, 2.75) is 26.2 Å². The van der Waals surface area contributed by atoms with E-state index in [0.717, 1.165) is 38.5 Å². The lowest BCUT2D eigenvalue weighted by Gasteiger charge is -2.07. The highest BCUT2D eigenvalue weighted by molar-refractivity contribution is 9.10. The maximum absolute atomic E-state index is 12.3. The molecule has 152 valence electrons. The molecule has 1 amide bonds. The van der Waals surface area contributed by atoms with Gasteiger partial charge in [0.2, 0.25) is 5.91 Å². The predicted octanol–water partition coefficient (Wildman–Crippen LogP) is 5.94. The Kier molecular flexibility index (Phi) is 7.66. The normalized spacial score (nSPS) is 10.6. The number of carbonyl (C=O) groups is 1. The van der Waals surface area contributed by atoms with Gasteiger partial charge in [0.15, 0.2) is 5.13 Å². The average molecular weight is 475 g/mol. The highest BCUT2D eigenvalue weighted by Crippen LogP contribution is 2.32. The Morgan fingerprint density at radius 2 is 1.79 bits per heavy atom. The van der Waals surface area contributed by atoms with E-state index in [1.54, 1.807) is 7.11 Å². The van der Waals surface area contributed by atoms with Crippen molar-refractivity contribution in [1.29, 1.82) is 0 Å². The van der Waals surface area contributed by atoms with Gasteiger partial charge in [-0.3, -0.25) is 4.79 Å². The minimum Gasteiger partial charge on any atom is -0.497 e. The summed E-state index contributed by atoms with van der Waals surface area (Å²) < 4.78 is 11.8. The number of rotatable bonds is 9. The number of hydrogen-bond acceptors (Lipinski definition) is 5. The van der Waals surface area contributed by atoms with Crippen molar-refractivity contribution in [3.8, 4) is 22.8 Å². The lowest BCUT2D eigenvalue weighted by atomic mass is 10.1. The molecule has 0 aliphatic heterocycles. The first-order valence-electron chi connectivity index (χ1n) is 9.41. The average Bonchev–Trinajstić information content (AvgIpc) is 3.15. The predicted molar refractivity (Wildman–Crippen MR) is 121 cm³/mol. The minimum atomic E-state index is -0.0536. The molecule has 1 N–H and O–H groups in total. The van der Waals surface area contributed by atoms with E-state index in [1.165, 1.54) is 11.3 Å². The SMILES string of the molecule is CCc1sc(NC(=O)CCCOc2ccc(OC)cc2)nc1-c1ccc(Br)cc1. The number of nitrogens with zero attached hydrogens (tertiary/aromatic N) is 1. The molecule has 1 aromatic heterocycles. The van der Waals surface area contributed by atoms with Crippen LogP contribution in [0.1, 0.15) is 24.6 Å². The number of thiazole rings is 1. The summed E-state index contributed by atoms with van der Waals surface area (Å²) in [6, 6.07) is 15.4. The zero-order valence-electron chi connectivity index (χ0n) is 16.4. The zero-order valence-corrected chi connectivity index (χ0v) is 18.8. The molecule has 0 bridgehead atoms. The first-order chi connectivity index (χ1) is 14.1. The molecule has 0 spiro atoms. The number of methoxy groups -OCH3 is 1. The standard InChI is InChI=1S/C22H23BrN2O3S/c1-3-19-21(15-6-8-16(23)9-7-15)25-22(29-19)24-20(26)5-4-14-28-18-12-10-17(27-2)11-13-18/h6-13H,3-5,14H2,1-2H3,(H,24,25,26). The number of aromatic nitrogens is 1. The van der Waals surface area contributed by atoms with Gasteiger partial charge in [-0.2, -0.15) is 0 Å². The second-order valence-electron chi connectivity index (χ2n) is 6.33. The van der Waals surface area contributed by atoms with E-state index in [0.29, 0.717) is 24.6 Å². The summed E-state index contributed by atoms with van der Waals surface area (Å²) in [6.45, 7) is 2.57. The van der Waals surface area contributed by atoms with Gasteiger partial charge in [-0.15, -0.1) is 11.3 Å². The molecule has 7 heteroatoms. The summed E-state index contributed by atoms with van der Waals surface area (Å²) in [7, 11) is 1.63. The fourth-order valence-corrected chi connectivity index (χ4v) is 3.96. The van der Waals surface area contributed by atoms with Crippen molar-refractivity contribution in [3.63, 3.8) is 0 Å². The van der Waals surface area contributed by atoms with Gasteiger partial charge in [0.05, 0.1) is 19.4 Å². The third-order valence-corrected chi connectivity index (χ3v) is 5.90. The third-order valence-electron chi connectivity index (χ3n) is 4.26. The summed E-state index contributed by atoms with van der Waals surface area (Å²) in [4.78, 5) is 18.1. The number of carbonyl (C=O) groups excluding carboxylic acids is 1. The molecule has 1 heterocycles. The molecular weight excluding hydrogens is 452 g/mol. The molecule has 0 saturated carbocycles. The molecule has 0 aliphatic rings. The van der Waals surface area contributed by atoms with Crippen LogP contribution < -0.4 is 14.8 Å². The molecule has 0 fully saturated rings. The summed E-state index contributed by atoms with van der Waals surface area (Å²) in [6.07, 6.45) is 1.88. The van der Waals surface area contributed by atoms with Gasteiger partial charge < -0.3 is 14.8 Å². The zero-order chi connectivity index (χ0) is 20.6. The first-order valence-corrected chi connectivity index (χ1v) is 11.0. The van der Waals surface area contributed by atoms with E-state index in [1.807, 2.05) is 48.5 Å². The van der Waals surface area contributed by atoms with Crippen LogP contribution in [0.3, 0.4) is 0 Å². The van der Waals surface area contributed by atoms with Crippen LogP contribution in [0.4, 0.5) is 5.13 Å². The molecule has 29 heavy (non-hydrogen) atoms. The van der Waals surface area contributed by atoms with Crippen LogP contribution in [0.15, 0.2) is 53.0 Å². The second-order valence-corrected chi connectivity index (χ2v) is 8.33. The van der Waals surface area contributed by atoms with Crippen molar-refractivity contribution in [2.75, 3.05) is 19.0 Å². The molecule has 5 nitrogen and oxygen atoms in total. The van der Waals surface area contributed by atoms with E-state index in [9.17, 15) is 4.79 Å². The minimum absolute atomic E-state index is 0.0536. The van der Waals surface area contributed by atoms with Crippen molar-refractivity contribution in [1.82, 2.24) is 4.98 Å². The lowest BCUT2D eigenvalue weighted by Crippen LogP contribution is -2.12. The topological polar surface area (TPSA) is 60.5 Å². The molecule has 0 atom stereocenters. The van der Waals surface area contributed by atoms with Gasteiger partial charge in [-0.25, -0.2) is 4.98 Å². The van der Waals surface area contributed by atoms with Crippen LogP contribution in [-0.4, -0.2) is 24.6 Å². The second kappa shape index (κ2) is 10.4. The maximum atomic E-state index is 12.3. The molecule has 0 aliphatic carbocycles. The van der Waals surface area contributed by atoms with Crippen LogP contribution in [0.2, 0.25) is 0 Å². The van der Waals surface area contributed by atoms with E-state index in [2.05, 4.69) is 33.2 Å². The molecule has 3 aromatic rings. The largest absolute Gasteiger partial charge is 0.497 e. The first kappa shape index (κ1) is 21.3. The Morgan fingerprint density at radius 1 is 1.10 bits per heavy atom. The van der Waals surface area contributed by atoms with Gasteiger partial charge in [-0.1, -0.05) is 35.0 Å². The van der Waals surface area contributed by atoms with E-state index in [-0.39, 0.29) is 5.91 Å². The van der Waals surface area contributed by atoms with Crippen LogP contribution in [0.5, 0.6) is 11.5 Å². The number of aryl methyl sites for hydroxylation is 1. The Labute approximate surface area is 183 Å². The Morgan fingerprint density at radius 3 is 2.45 bits per heavy atom. The molecule has 0 radical (unpaired) electrons. The Bertz CT molecular complexity index is 940. The molecule has 3 rings (SSSR count). The summed E-state index contributed by atoms with van der Waals surface area (Å²) in [5, 5.41) is 3.56. The molecule has 0 saturated heterocycles. The number of hydrogen-bond donors (Lipinski definition) is 1. The quantitative estimate of drug-likeness (QED) is 0.389. The number of benzene rings is 2. The fraction of sp³-hybridized carbons (Fsp3) is 0.273. The number of halogens is 1. The Hall–Kier alpha value is -2.38. The van der Waals surface area contributed by atoms with Crippen molar-refractivity contribution in [3.05, 3.63) is 57.9 Å². The van der Waals surface area contributed by atoms with Crippen LogP contribution in [0, 0.1) is 0 Å². The van der Waals surface area contributed by atoms with Gasteiger partial charge in [0, 0.05) is 21.3 Å². The number of anilines is 1. The number of ether oxygens (including phenoxy) is 2. The highest BCUT2D eigenvalue weighted by Gasteiger charge is 2.13. The number of nitrogens with one attached hydrogen (secondary N) is 1. The van der Waals surface area contributed by atoms with Gasteiger partial charge in [0.25, 0.3) is 0 Å². The summed E-state index contributed by atoms with van der Waals surface area (Å²) in [5.74, 6) is 1.49. The van der Waals surface area contributed by atoms with Gasteiger partial charge in [-0.05, 0) is 49.2 Å². The highest BCUT2D eigenvalue weighted by atomic mass is 79.9. The van der Waals surface area contributed by atoms with Crippen LogP contribution in [0.25, 0.3) is 11.3 Å². The van der Waals surface area contributed by atoms with E-state index >= 15 is 0 Å². The van der Waals surface area contributed by atoms with Crippen LogP contribution >= 0.6 is 27.3 Å². The smallest absolute Gasteiger partial charge is 0.226 e. The van der Waals surface area contributed by atoms with Gasteiger partial charge >= 0.3 is 0 Å². The van der Waals surface area contributed by atoms with Crippen LogP contribution in [-0.2, 0) is 11.2 Å². The summed E-state index contributed by atoms with van der Waals surface area (Å²) in [5.41, 5.74) is 1.98. The van der Waals surface area contributed by atoms with Crippen molar-refractivity contribution < 1.29 is 14.3 Å². The van der Waals surface area contributed by atoms with E-state index < -0.39 is 0 Å². The monoisotopic (exact) mass is 474 g/mol. The Balaban J connectivity index is 1.50. The summed E-state index contributed by atoms with van der Waals surface area (Å²) >= 11 is 4.98. The molecular formula is C22H23BrN2O3S. The third kappa shape index (κ3) is 6.05. The van der Waals surface area contributed by atoms with Gasteiger partial charge in [0.1, 0.15) is 11.5 Å². The fourth-order valence-electron chi connectivity index (χ4n) is 2.75. The van der Waals surface area contributed by atoms with Crippen molar-refractivity contribution >= 4 is 38.3 Å². The number of amides is 1.